The molecule has 1 aliphatic carbocycles. The van der Waals surface area contributed by atoms with Crippen LogP contribution >= 0.6 is 0 Å². The molecule has 5 rings (SSSR count). The van der Waals surface area contributed by atoms with Gasteiger partial charge < -0.3 is 10.1 Å². The number of nitrogens with zero attached hydrogens (tertiary/aromatic N) is 2. The van der Waals surface area contributed by atoms with E-state index in [-0.39, 0.29) is 5.41 Å². The summed E-state index contributed by atoms with van der Waals surface area (Å²) in [7, 11) is 0. The maximum absolute atomic E-state index is 10.00. The third-order valence-corrected chi connectivity index (χ3v) is 5.85. The van der Waals surface area contributed by atoms with Gasteiger partial charge in [0.25, 0.3) is 0 Å². The number of phenolic OH excluding ortho intramolecular Hbond substituents is 1. The Balaban J connectivity index is 1.83. The Morgan fingerprint density at radius 3 is 3.14 bits per heavy atom. The topological polar surface area (TPSA) is 63.0 Å². The van der Waals surface area contributed by atoms with E-state index in [1.54, 1.807) is 6.07 Å². The highest BCUT2D eigenvalue weighted by atomic mass is 16.3. The van der Waals surface area contributed by atoms with Crippen molar-refractivity contribution in [3.8, 4) is 11.8 Å². The highest BCUT2D eigenvalue weighted by molar-refractivity contribution is 5.87. The van der Waals surface area contributed by atoms with Gasteiger partial charge in [-0.1, -0.05) is 0 Å². The zero-order valence-electron chi connectivity index (χ0n) is 11.8. The van der Waals surface area contributed by atoms with Crippen LogP contribution in [-0.4, -0.2) is 34.1 Å². The van der Waals surface area contributed by atoms with Crippen molar-refractivity contribution in [2.45, 2.75) is 30.7 Å². The number of benzene rings is 1. The predicted octanol–water partition coefficient (Wildman–Crippen LogP) is 2.29. The van der Waals surface area contributed by atoms with Crippen molar-refractivity contribution in [3.05, 3.63) is 29.5 Å². The number of hydrogen-bond donors (Lipinski definition) is 2. The second-order valence-electron chi connectivity index (χ2n) is 6.86. The molecule has 2 N–H and O–H groups in total. The molecule has 4 heteroatoms. The lowest BCUT2D eigenvalue weighted by Gasteiger charge is -2.36. The molecule has 0 amide bonds. The fourth-order valence-electron chi connectivity index (χ4n) is 5.07. The van der Waals surface area contributed by atoms with Crippen LogP contribution in [0.1, 0.15) is 24.1 Å². The van der Waals surface area contributed by atoms with Gasteiger partial charge in [-0.05, 0) is 48.9 Å². The first-order valence-corrected chi connectivity index (χ1v) is 7.70. The molecule has 0 spiro atoms. The molecule has 2 bridgehead atoms. The Labute approximate surface area is 123 Å². The second-order valence-corrected chi connectivity index (χ2v) is 6.86. The molecular formula is C17H17N3O. The molecule has 2 fully saturated rings. The number of nitrogens with one attached hydrogen (secondary N) is 1. The Kier molecular flexibility index (Phi) is 2.00. The van der Waals surface area contributed by atoms with Gasteiger partial charge in [0.05, 0.1) is 6.07 Å². The van der Waals surface area contributed by atoms with Crippen molar-refractivity contribution in [2.24, 2.45) is 5.92 Å². The molecule has 21 heavy (non-hydrogen) atoms. The number of piperidine rings is 1. The zero-order valence-corrected chi connectivity index (χ0v) is 11.8. The lowest BCUT2D eigenvalue weighted by molar-refractivity contribution is 0.168. The normalized spacial score (nSPS) is 33.9. The number of H-pyrrole nitrogens is 1. The van der Waals surface area contributed by atoms with Crippen molar-refractivity contribution in [1.82, 2.24) is 9.88 Å². The molecule has 3 aliphatic rings. The Morgan fingerprint density at radius 2 is 2.33 bits per heavy atom. The van der Waals surface area contributed by atoms with Crippen LogP contribution < -0.4 is 0 Å². The molecule has 106 valence electrons. The average Bonchev–Trinajstić information content (AvgIpc) is 3.14. The maximum atomic E-state index is 10.00. The predicted molar refractivity (Wildman–Crippen MR) is 79.0 cm³/mol. The number of phenols is 1. The van der Waals surface area contributed by atoms with Crippen molar-refractivity contribution in [2.75, 3.05) is 13.1 Å². The van der Waals surface area contributed by atoms with Gasteiger partial charge in [0.15, 0.2) is 0 Å². The highest BCUT2D eigenvalue weighted by Crippen LogP contribution is 2.54. The molecule has 4 nitrogen and oxygen atoms in total. The number of rotatable bonds is 0. The van der Waals surface area contributed by atoms with E-state index in [4.69, 9.17) is 0 Å². The number of nitriles is 1. The summed E-state index contributed by atoms with van der Waals surface area (Å²) >= 11 is 0. The van der Waals surface area contributed by atoms with E-state index in [2.05, 4.69) is 16.0 Å². The Bertz CT molecular complexity index is 802. The number of aromatic amines is 1. The van der Waals surface area contributed by atoms with E-state index in [0.29, 0.717) is 17.7 Å². The van der Waals surface area contributed by atoms with Crippen molar-refractivity contribution in [1.29, 1.82) is 5.26 Å². The van der Waals surface area contributed by atoms with Crippen LogP contribution in [0.25, 0.3) is 10.9 Å². The van der Waals surface area contributed by atoms with Crippen LogP contribution in [0.4, 0.5) is 0 Å². The van der Waals surface area contributed by atoms with Crippen LogP contribution in [0.5, 0.6) is 5.75 Å². The lowest BCUT2D eigenvalue weighted by atomic mass is 9.77. The van der Waals surface area contributed by atoms with E-state index < -0.39 is 0 Å². The SMILES string of the molecule is N#C[C@@]12C[C@H]3C[C@@H]1N(CCc1c2[nH]c2ccc(O)cc12)C3. The molecular weight excluding hydrogens is 262 g/mol. The van der Waals surface area contributed by atoms with Gasteiger partial charge in [-0.15, -0.1) is 0 Å². The smallest absolute Gasteiger partial charge is 0.116 e. The van der Waals surface area contributed by atoms with Crippen molar-refractivity contribution >= 4 is 10.9 Å². The number of aromatic hydroxyl groups is 1. The number of aromatic nitrogens is 1. The average molecular weight is 279 g/mol. The minimum atomic E-state index is -0.372. The van der Waals surface area contributed by atoms with Crippen LogP contribution in [0, 0.1) is 17.2 Å². The Hall–Kier alpha value is -1.99. The van der Waals surface area contributed by atoms with E-state index in [1.807, 2.05) is 12.1 Å². The number of fused-ring (bicyclic) bond motifs is 5. The van der Waals surface area contributed by atoms with Crippen molar-refractivity contribution < 1.29 is 5.11 Å². The molecule has 0 radical (unpaired) electrons. The van der Waals surface area contributed by atoms with Gasteiger partial charge in [0.2, 0.25) is 0 Å². The third kappa shape index (κ3) is 1.28. The van der Waals surface area contributed by atoms with Gasteiger partial charge in [-0.25, -0.2) is 0 Å². The summed E-state index contributed by atoms with van der Waals surface area (Å²) in [5.41, 5.74) is 3.05. The second kappa shape index (κ2) is 3.61. The highest BCUT2D eigenvalue weighted by Gasteiger charge is 2.58. The fourth-order valence-corrected chi connectivity index (χ4v) is 5.07. The lowest BCUT2D eigenvalue weighted by Crippen LogP contribution is -2.47. The molecule has 0 unspecified atom stereocenters. The molecule has 1 aromatic carbocycles. The van der Waals surface area contributed by atoms with Gasteiger partial charge >= 0.3 is 0 Å². The fraction of sp³-hybridized carbons (Fsp3) is 0.471. The third-order valence-electron chi connectivity index (χ3n) is 5.85. The summed E-state index contributed by atoms with van der Waals surface area (Å²) in [5, 5.41) is 20.9. The molecule has 2 aromatic rings. The van der Waals surface area contributed by atoms with E-state index >= 15 is 0 Å². The molecule has 1 aromatic heterocycles. The van der Waals surface area contributed by atoms with Crippen LogP contribution in [0.2, 0.25) is 0 Å². The summed E-state index contributed by atoms with van der Waals surface area (Å²) < 4.78 is 0. The quantitative estimate of drug-likeness (QED) is 0.777. The first-order chi connectivity index (χ1) is 10.2. The van der Waals surface area contributed by atoms with Gasteiger partial charge in [-0.3, -0.25) is 4.90 Å². The van der Waals surface area contributed by atoms with Crippen LogP contribution in [0.3, 0.4) is 0 Å². The number of hydrogen-bond acceptors (Lipinski definition) is 3. The van der Waals surface area contributed by atoms with Gasteiger partial charge in [-0.2, -0.15) is 5.26 Å². The summed E-state index contributed by atoms with van der Waals surface area (Å²) in [6.07, 6.45) is 3.11. The molecule has 3 heterocycles. The molecule has 1 saturated heterocycles. The van der Waals surface area contributed by atoms with Crippen LogP contribution in [-0.2, 0) is 11.8 Å². The zero-order chi connectivity index (χ0) is 14.2. The molecule has 1 saturated carbocycles. The van der Waals surface area contributed by atoms with Crippen molar-refractivity contribution in [3.63, 3.8) is 0 Å². The van der Waals surface area contributed by atoms with Gasteiger partial charge in [0, 0.05) is 35.7 Å². The van der Waals surface area contributed by atoms with E-state index in [0.717, 1.165) is 48.9 Å². The van der Waals surface area contributed by atoms with Crippen LogP contribution in [0.15, 0.2) is 18.2 Å². The standard InChI is InChI=1S/C17H17N3O/c18-9-17-7-10-5-15(17)20(8-10)4-3-12-13-6-11(21)1-2-14(13)19-16(12)17/h1-2,6,10,15,19,21H,3-5,7-8H2/t10-,15+,17+/m1/s1. The summed E-state index contributed by atoms with van der Waals surface area (Å²) in [6.45, 7) is 2.18. The van der Waals surface area contributed by atoms with E-state index in [9.17, 15) is 10.4 Å². The molecule has 3 atom stereocenters. The first kappa shape index (κ1) is 11.6. The summed E-state index contributed by atoms with van der Waals surface area (Å²) in [5.74, 6) is 0.965. The van der Waals surface area contributed by atoms with Gasteiger partial charge in [0.1, 0.15) is 11.2 Å². The minimum Gasteiger partial charge on any atom is -0.508 e. The maximum Gasteiger partial charge on any atom is 0.116 e. The monoisotopic (exact) mass is 279 g/mol. The van der Waals surface area contributed by atoms with E-state index in [1.165, 1.54) is 5.56 Å². The Morgan fingerprint density at radius 1 is 1.43 bits per heavy atom. The summed E-state index contributed by atoms with van der Waals surface area (Å²) in [6, 6.07) is 8.52. The minimum absolute atomic E-state index is 0.298. The summed E-state index contributed by atoms with van der Waals surface area (Å²) in [4.78, 5) is 6.04. The molecule has 2 aliphatic heterocycles. The largest absolute Gasteiger partial charge is 0.508 e. The first-order valence-electron chi connectivity index (χ1n) is 7.70.